The molecule has 1 aromatic heterocycles. The summed E-state index contributed by atoms with van der Waals surface area (Å²) < 4.78 is 7.68. The average Bonchev–Trinajstić information content (AvgIpc) is 3.35. The number of hydrogen-bond donors (Lipinski definition) is 0. The van der Waals surface area contributed by atoms with Gasteiger partial charge in [0, 0.05) is 37.8 Å². The van der Waals surface area contributed by atoms with Crippen molar-refractivity contribution in [2.24, 2.45) is 5.92 Å². The second-order valence-corrected chi connectivity index (χ2v) is 6.91. The van der Waals surface area contributed by atoms with Crippen LogP contribution in [0.1, 0.15) is 36.2 Å². The highest BCUT2D eigenvalue weighted by molar-refractivity contribution is 5.91. The van der Waals surface area contributed by atoms with Gasteiger partial charge in [0.25, 0.3) is 0 Å². The zero-order valence-corrected chi connectivity index (χ0v) is 13.7. The van der Waals surface area contributed by atoms with E-state index in [0.29, 0.717) is 6.10 Å². The Morgan fingerprint density at radius 2 is 1.96 bits per heavy atom. The number of carbonyl (C=O) groups excluding carboxylic acids is 1. The molecule has 0 amide bonds. The van der Waals surface area contributed by atoms with Crippen molar-refractivity contribution in [3.8, 4) is 0 Å². The number of hydrogen-bond acceptors (Lipinski definition) is 3. The number of fused-ring (bicyclic) bond motifs is 1. The standard InChI is InChI=1S/C19H24N2O2/c1-23-18-6-8-20(9-7-18)16-5-4-15-10-17(13-22)21(19(15)11-16)12-14-2-3-14/h4-5,10-11,13-14,18H,2-3,6-9,12H2,1H3. The highest BCUT2D eigenvalue weighted by Gasteiger charge is 2.24. The van der Waals surface area contributed by atoms with E-state index in [9.17, 15) is 4.79 Å². The molecule has 23 heavy (non-hydrogen) atoms. The maximum atomic E-state index is 11.4. The van der Waals surface area contributed by atoms with E-state index in [-0.39, 0.29) is 0 Å². The normalized spacial score (nSPS) is 19.4. The summed E-state index contributed by atoms with van der Waals surface area (Å²) in [5.41, 5.74) is 3.27. The van der Waals surface area contributed by atoms with Crippen molar-refractivity contribution < 1.29 is 9.53 Å². The summed E-state index contributed by atoms with van der Waals surface area (Å²) in [6, 6.07) is 8.62. The van der Waals surface area contributed by atoms with Crippen LogP contribution in [0, 0.1) is 5.92 Å². The largest absolute Gasteiger partial charge is 0.381 e. The van der Waals surface area contributed by atoms with Crippen LogP contribution in [0.3, 0.4) is 0 Å². The van der Waals surface area contributed by atoms with Crippen LogP contribution in [0.5, 0.6) is 0 Å². The SMILES string of the molecule is COC1CCN(c2ccc3cc(C=O)n(CC4CC4)c3c2)CC1. The second kappa shape index (κ2) is 6.00. The molecule has 1 aliphatic heterocycles. The van der Waals surface area contributed by atoms with E-state index < -0.39 is 0 Å². The molecular weight excluding hydrogens is 288 g/mol. The molecule has 4 nitrogen and oxygen atoms in total. The van der Waals surface area contributed by atoms with Crippen LogP contribution in [0.4, 0.5) is 5.69 Å². The van der Waals surface area contributed by atoms with Gasteiger partial charge in [0.05, 0.1) is 17.3 Å². The Hall–Kier alpha value is -1.81. The van der Waals surface area contributed by atoms with Gasteiger partial charge in [-0.2, -0.15) is 0 Å². The van der Waals surface area contributed by atoms with E-state index in [0.717, 1.165) is 50.4 Å². The van der Waals surface area contributed by atoms with Gasteiger partial charge in [-0.3, -0.25) is 4.79 Å². The molecule has 2 aromatic rings. The number of nitrogens with zero attached hydrogens (tertiary/aromatic N) is 2. The van der Waals surface area contributed by atoms with E-state index in [2.05, 4.69) is 27.7 Å². The van der Waals surface area contributed by atoms with E-state index in [1.54, 1.807) is 7.11 Å². The molecule has 1 saturated carbocycles. The third-order valence-electron chi connectivity index (χ3n) is 5.32. The summed E-state index contributed by atoms with van der Waals surface area (Å²) in [7, 11) is 1.80. The Labute approximate surface area is 137 Å². The van der Waals surface area contributed by atoms with Crippen LogP contribution >= 0.6 is 0 Å². The quantitative estimate of drug-likeness (QED) is 0.793. The van der Waals surface area contributed by atoms with Gasteiger partial charge in [0.2, 0.25) is 0 Å². The molecule has 122 valence electrons. The number of aldehydes is 1. The number of piperidine rings is 1. The predicted molar refractivity (Wildman–Crippen MR) is 92.3 cm³/mol. The van der Waals surface area contributed by atoms with Gasteiger partial charge in [-0.25, -0.2) is 0 Å². The number of ether oxygens (including phenoxy) is 1. The molecule has 4 rings (SSSR count). The molecule has 4 heteroatoms. The number of anilines is 1. The van der Waals surface area contributed by atoms with E-state index >= 15 is 0 Å². The maximum absolute atomic E-state index is 11.4. The van der Waals surface area contributed by atoms with Crippen molar-refractivity contribution in [1.29, 1.82) is 0 Å². The molecule has 0 bridgehead atoms. The Kier molecular flexibility index (Phi) is 3.85. The molecule has 1 aromatic carbocycles. The van der Waals surface area contributed by atoms with Gasteiger partial charge in [-0.1, -0.05) is 6.07 Å². The van der Waals surface area contributed by atoms with Crippen molar-refractivity contribution in [2.75, 3.05) is 25.1 Å². The topological polar surface area (TPSA) is 34.5 Å². The Morgan fingerprint density at radius 3 is 2.61 bits per heavy atom. The molecule has 2 fully saturated rings. The summed E-state index contributed by atoms with van der Waals surface area (Å²) in [5.74, 6) is 0.755. The average molecular weight is 312 g/mol. The van der Waals surface area contributed by atoms with Crippen LogP contribution in [0.2, 0.25) is 0 Å². The summed E-state index contributed by atoms with van der Waals surface area (Å²) in [6.07, 6.45) is 6.14. The zero-order chi connectivity index (χ0) is 15.8. The van der Waals surface area contributed by atoms with E-state index in [1.807, 2.05) is 6.07 Å². The Bertz CT molecular complexity index is 709. The monoisotopic (exact) mass is 312 g/mol. The first-order valence-electron chi connectivity index (χ1n) is 8.64. The van der Waals surface area contributed by atoms with Crippen molar-refractivity contribution in [2.45, 2.75) is 38.3 Å². The predicted octanol–water partition coefficient (Wildman–Crippen LogP) is 3.48. The molecule has 0 radical (unpaired) electrons. The zero-order valence-electron chi connectivity index (χ0n) is 13.7. The van der Waals surface area contributed by atoms with Crippen molar-refractivity contribution in [3.63, 3.8) is 0 Å². The lowest BCUT2D eigenvalue weighted by Gasteiger charge is -2.33. The molecule has 0 atom stereocenters. The Morgan fingerprint density at radius 1 is 1.17 bits per heavy atom. The lowest BCUT2D eigenvalue weighted by Crippen LogP contribution is -2.36. The lowest BCUT2D eigenvalue weighted by molar-refractivity contribution is 0.0819. The fourth-order valence-electron chi connectivity index (χ4n) is 3.67. The summed E-state index contributed by atoms with van der Waals surface area (Å²) in [4.78, 5) is 13.8. The third-order valence-corrected chi connectivity index (χ3v) is 5.32. The fraction of sp³-hybridized carbons (Fsp3) is 0.526. The first-order valence-corrected chi connectivity index (χ1v) is 8.64. The minimum atomic E-state index is 0.398. The van der Waals surface area contributed by atoms with Crippen LogP contribution in [0.25, 0.3) is 10.9 Å². The number of carbonyl (C=O) groups is 1. The van der Waals surface area contributed by atoms with Crippen LogP contribution in [0.15, 0.2) is 24.3 Å². The molecule has 1 aliphatic carbocycles. The highest BCUT2D eigenvalue weighted by atomic mass is 16.5. The third kappa shape index (κ3) is 2.88. The minimum Gasteiger partial charge on any atom is -0.381 e. The highest BCUT2D eigenvalue weighted by Crippen LogP contribution is 2.34. The van der Waals surface area contributed by atoms with Crippen LogP contribution in [-0.2, 0) is 11.3 Å². The van der Waals surface area contributed by atoms with E-state index in [1.165, 1.54) is 29.4 Å². The van der Waals surface area contributed by atoms with Gasteiger partial charge in [-0.15, -0.1) is 0 Å². The van der Waals surface area contributed by atoms with Gasteiger partial charge in [0.1, 0.15) is 0 Å². The summed E-state index contributed by atoms with van der Waals surface area (Å²) >= 11 is 0. The molecule has 0 unspecified atom stereocenters. The second-order valence-electron chi connectivity index (χ2n) is 6.91. The Balaban J connectivity index is 1.65. The first kappa shape index (κ1) is 14.8. The van der Waals surface area contributed by atoms with Gasteiger partial charge < -0.3 is 14.2 Å². The molecule has 0 spiro atoms. The molecule has 2 aliphatic rings. The molecule has 2 heterocycles. The molecule has 0 N–H and O–H groups in total. The number of aromatic nitrogens is 1. The van der Waals surface area contributed by atoms with Gasteiger partial charge >= 0.3 is 0 Å². The van der Waals surface area contributed by atoms with Crippen molar-refractivity contribution in [3.05, 3.63) is 30.0 Å². The van der Waals surface area contributed by atoms with Crippen LogP contribution < -0.4 is 4.90 Å². The summed E-state index contributed by atoms with van der Waals surface area (Å²) in [6.45, 7) is 3.05. The van der Waals surface area contributed by atoms with Gasteiger partial charge in [0.15, 0.2) is 6.29 Å². The fourth-order valence-corrected chi connectivity index (χ4v) is 3.67. The lowest BCUT2D eigenvalue weighted by atomic mass is 10.1. The van der Waals surface area contributed by atoms with Crippen LogP contribution in [-0.4, -0.2) is 37.2 Å². The number of benzene rings is 1. The minimum absolute atomic E-state index is 0.398. The summed E-state index contributed by atoms with van der Waals surface area (Å²) in [5, 5.41) is 1.17. The smallest absolute Gasteiger partial charge is 0.166 e. The number of methoxy groups -OCH3 is 1. The van der Waals surface area contributed by atoms with E-state index in [4.69, 9.17) is 4.74 Å². The molecule has 1 saturated heterocycles. The van der Waals surface area contributed by atoms with Gasteiger partial charge in [-0.05, 0) is 49.8 Å². The first-order chi connectivity index (χ1) is 11.3. The van der Waals surface area contributed by atoms with Crippen molar-refractivity contribution in [1.82, 2.24) is 4.57 Å². The van der Waals surface area contributed by atoms with Crippen molar-refractivity contribution >= 4 is 22.9 Å². The molecular formula is C19H24N2O2. The maximum Gasteiger partial charge on any atom is 0.166 e. The number of rotatable bonds is 5.